The molecular formula is C18H23N3O4. The third-order valence-corrected chi connectivity index (χ3v) is 3.46. The van der Waals surface area contributed by atoms with Crippen LogP contribution >= 0.6 is 0 Å². The van der Waals surface area contributed by atoms with Crippen molar-refractivity contribution in [1.82, 2.24) is 10.3 Å². The number of carbonyl (C=O) groups excluding carboxylic acids is 1. The molecule has 0 saturated carbocycles. The molecule has 0 radical (unpaired) electrons. The molecule has 2 rings (SSSR count). The molecule has 1 aromatic carbocycles. The van der Waals surface area contributed by atoms with Crippen LogP contribution in [0.2, 0.25) is 0 Å². The molecule has 0 aliphatic heterocycles. The van der Waals surface area contributed by atoms with E-state index in [0.717, 1.165) is 11.3 Å². The van der Waals surface area contributed by atoms with Crippen molar-refractivity contribution in [2.45, 2.75) is 13.0 Å². The number of hydrogen-bond acceptors (Lipinski definition) is 6. The van der Waals surface area contributed by atoms with E-state index in [1.165, 1.54) is 6.20 Å². The zero-order valence-electron chi connectivity index (χ0n) is 14.1. The van der Waals surface area contributed by atoms with Crippen molar-refractivity contribution in [3.05, 3.63) is 53.7 Å². The Bertz CT molecular complexity index is 694. The summed E-state index contributed by atoms with van der Waals surface area (Å²) in [6.07, 6.45) is 0.887. The van der Waals surface area contributed by atoms with Crippen molar-refractivity contribution in [1.29, 1.82) is 0 Å². The van der Waals surface area contributed by atoms with Gasteiger partial charge in [0.1, 0.15) is 30.6 Å². The number of aryl methyl sites for hydroxylation is 1. The van der Waals surface area contributed by atoms with E-state index < -0.39 is 12.0 Å². The third-order valence-electron chi connectivity index (χ3n) is 3.46. The van der Waals surface area contributed by atoms with Crippen molar-refractivity contribution < 1.29 is 19.4 Å². The number of rotatable bonds is 10. The van der Waals surface area contributed by atoms with Crippen molar-refractivity contribution in [2.75, 3.05) is 26.3 Å². The molecule has 4 N–H and O–H groups in total. The fraction of sp³-hybridized carbons (Fsp3) is 0.333. The van der Waals surface area contributed by atoms with Crippen molar-refractivity contribution in [2.24, 2.45) is 5.73 Å². The van der Waals surface area contributed by atoms with Crippen molar-refractivity contribution in [3.8, 4) is 11.6 Å². The molecule has 0 aliphatic rings. The number of hydrogen-bond donors (Lipinski definition) is 3. The molecule has 1 aromatic heterocycles. The number of nitrogens with one attached hydrogen (secondary N) is 1. The first-order valence-electron chi connectivity index (χ1n) is 8.02. The number of aliphatic hydroxyl groups is 1. The maximum atomic E-state index is 11.3. The van der Waals surface area contributed by atoms with E-state index in [9.17, 15) is 9.90 Å². The topological polar surface area (TPSA) is 107 Å². The first-order valence-corrected chi connectivity index (χ1v) is 8.02. The normalized spacial score (nSPS) is 11.8. The van der Waals surface area contributed by atoms with E-state index in [0.29, 0.717) is 19.7 Å². The minimum Gasteiger partial charge on any atom is -0.491 e. The lowest BCUT2D eigenvalue weighted by Crippen LogP contribution is -2.33. The van der Waals surface area contributed by atoms with Gasteiger partial charge in [0.15, 0.2) is 0 Å². The summed E-state index contributed by atoms with van der Waals surface area (Å²) < 4.78 is 11.0. The van der Waals surface area contributed by atoms with E-state index in [1.807, 2.05) is 31.2 Å². The van der Waals surface area contributed by atoms with Gasteiger partial charge in [0.2, 0.25) is 5.88 Å². The van der Waals surface area contributed by atoms with Gasteiger partial charge in [-0.2, -0.15) is 0 Å². The van der Waals surface area contributed by atoms with Crippen molar-refractivity contribution >= 4 is 5.91 Å². The standard InChI is InChI=1S/C18H23N3O4/c1-13-5-2-3-7-16(13)25-12-14(22)11-20-9-10-24-18-15(17(19)23)6-4-8-21-18/h2-8,14,20,22H,9-12H2,1H3,(H2,19,23). The summed E-state index contributed by atoms with van der Waals surface area (Å²) in [7, 11) is 0. The largest absolute Gasteiger partial charge is 0.491 e. The average Bonchev–Trinajstić information content (AvgIpc) is 2.61. The molecule has 2 aromatic rings. The first-order chi connectivity index (χ1) is 12.1. The van der Waals surface area contributed by atoms with Gasteiger partial charge >= 0.3 is 0 Å². The predicted octanol–water partition coefficient (Wildman–Crippen LogP) is 0.897. The number of carbonyl (C=O) groups is 1. The monoisotopic (exact) mass is 345 g/mol. The Morgan fingerprint density at radius 1 is 1.28 bits per heavy atom. The average molecular weight is 345 g/mol. The molecular weight excluding hydrogens is 322 g/mol. The van der Waals surface area contributed by atoms with E-state index in [4.69, 9.17) is 15.2 Å². The Labute approximate surface area is 146 Å². The molecule has 1 atom stereocenters. The van der Waals surface area contributed by atoms with Gasteiger partial charge in [-0.3, -0.25) is 4.79 Å². The molecule has 1 amide bonds. The highest BCUT2D eigenvalue weighted by Crippen LogP contribution is 2.16. The second-order valence-corrected chi connectivity index (χ2v) is 5.50. The van der Waals surface area contributed by atoms with Gasteiger partial charge in [-0.05, 0) is 30.7 Å². The maximum Gasteiger partial charge on any atom is 0.254 e. The lowest BCUT2D eigenvalue weighted by molar-refractivity contribution is 0.0994. The lowest BCUT2D eigenvalue weighted by atomic mass is 10.2. The SMILES string of the molecule is Cc1ccccc1OCC(O)CNCCOc1ncccc1C(N)=O. The quantitative estimate of drug-likeness (QED) is 0.552. The Hall–Kier alpha value is -2.64. The summed E-state index contributed by atoms with van der Waals surface area (Å²) in [5, 5.41) is 13.0. The van der Waals surface area contributed by atoms with Gasteiger partial charge in [0, 0.05) is 19.3 Å². The molecule has 7 heteroatoms. The van der Waals surface area contributed by atoms with Gasteiger partial charge in [0.25, 0.3) is 5.91 Å². The zero-order valence-corrected chi connectivity index (χ0v) is 14.1. The number of ether oxygens (including phenoxy) is 2. The summed E-state index contributed by atoms with van der Waals surface area (Å²) in [6, 6.07) is 10.8. The number of para-hydroxylation sites is 1. The van der Waals surface area contributed by atoms with E-state index in [-0.39, 0.29) is 18.1 Å². The molecule has 25 heavy (non-hydrogen) atoms. The summed E-state index contributed by atoms with van der Waals surface area (Å²) >= 11 is 0. The minimum atomic E-state index is -0.643. The van der Waals surface area contributed by atoms with Crippen LogP contribution in [0.3, 0.4) is 0 Å². The summed E-state index contributed by atoms with van der Waals surface area (Å²) in [5.41, 5.74) is 6.52. The number of aromatic nitrogens is 1. The van der Waals surface area contributed by atoms with E-state index in [1.54, 1.807) is 12.1 Å². The second-order valence-electron chi connectivity index (χ2n) is 5.50. The number of primary amides is 1. The number of pyridine rings is 1. The summed E-state index contributed by atoms with van der Waals surface area (Å²) in [6.45, 7) is 3.29. The molecule has 7 nitrogen and oxygen atoms in total. The van der Waals surface area contributed by atoms with Gasteiger partial charge in [-0.1, -0.05) is 18.2 Å². The highest BCUT2D eigenvalue weighted by Gasteiger charge is 2.10. The Balaban J connectivity index is 1.64. The zero-order chi connectivity index (χ0) is 18.1. The summed E-state index contributed by atoms with van der Waals surface area (Å²) in [5.74, 6) is 0.388. The highest BCUT2D eigenvalue weighted by molar-refractivity contribution is 5.94. The van der Waals surface area contributed by atoms with Crippen LogP contribution in [-0.4, -0.2) is 48.4 Å². The molecule has 1 heterocycles. The molecule has 0 spiro atoms. The van der Waals surface area contributed by atoms with Crippen LogP contribution in [0.1, 0.15) is 15.9 Å². The van der Waals surface area contributed by atoms with Gasteiger partial charge < -0.3 is 25.6 Å². The smallest absolute Gasteiger partial charge is 0.254 e. The Morgan fingerprint density at radius 2 is 2.08 bits per heavy atom. The molecule has 134 valence electrons. The Morgan fingerprint density at radius 3 is 2.84 bits per heavy atom. The van der Waals surface area contributed by atoms with E-state index >= 15 is 0 Å². The minimum absolute atomic E-state index is 0.199. The van der Waals surface area contributed by atoms with E-state index in [2.05, 4.69) is 10.3 Å². The number of aliphatic hydroxyl groups excluding tert-OH is 1. The van der Waals surface area contributed by atoms with Crippen LogP contribution in [0.25, 0.3) is 0 Å². The van der Waals surface area contributed by atoms with Crippen LogP contribution in [0.15, 0.2) is 42.6 Å². The van der Waals surface area contributed by atoms with Crippen LogP contribution in [-0.2, 0) is 0 Å². The number of amides is 1. The number of benzene rings is 1. The van der Waals surface area contributed by atoms with Crippen LogP contribution in [0, 0.1) is 6.92 Å². The molecule has 0 fully saturated rings. The molecule has 0 bridgehead atoms. The maximum absolute atomic E-state index is 11.3. The fourth-order valence-electron chi connectivity index (χ4n) is 2.15. The first kappa shape index (κ1) is 18.7. The van der Waals surface area contributed by atoms with Crippen LogP contribution in [0.4, 0.5) is 0 Å². The number of nitrogens with two attached hydrogens (primary N) is 1. The molecule has 0 aliphatic carbocycles. The Kier molecular flexibility index (Phi) is 7.18. The summed E-state index contributed by atoms with van der Waals surface area (Å²) in [4.78, 5) is 15.2. The van der Waals surface area contributed by atoms with Crippen molar-refractivity contribution in [3.63, 3.8) is 0 Å². The van der Waals surface area contributed by atoms with Gasteiger partial charge in [-0.25, -0.2) is 4.98 Å². The highest BCUT2D eigenvalue weighted by atomic mass is 16.5. The molecule has 0 saturated heterocycles. The molecule has 1 unspecified atom stereocenters. The number of nitrogens with zero attached hydrogens (tertiary/aromatic N) is 1. The van der Waals surface area contributed by atoms with Crippen LogP contribution in [0.5, 0.6) is 11.6 Å². The third kappa shape index (κ3) is 6.06. The lowest BCUT2D eigenvalue weighted by Gasteiger charge is -2.14. The second kappa shape index (κ2) is 9.61. The van der Waals surface area contributed by atoms with Gasteiger partial charge in [-0.15, -0.1) is 0 Å². The predicted molar refractivity (Wildman–Crippen MR) is 93.8 cm³/mol. The van der Waals surface area contributed by atoms with Gasteiger partial charge in [0.05, 0.1) is 0 Å². The fourth-order valence-corrected chi connectivity index (χ4v) is 2.15. The van der Waals surface area contributed by atoms with Crippen LogP contribution < -0.4 is 20.5 Å².